The zero-order valence-electron chi connectivity index (χ0n) is 13.0. The van der Waals surface area contributed by atoms with Gasteiger partial charge in [0.05, 0.1) is 0 Å². The van der Waals surface area contributed by atoms with Gasteiger partial charge in [0.15, 0.2) is 0 Å². The fourth-order valence-electron chi connectivity index (χ4n) is 3.01. The monoisotopic (exact) mass is 338 g/mol. The Morgan fingerprint density at radius 1 is 1.35 bits per heavy atom. The lowest BCUT2D eigenvalue weighted by molar-refractivity contribution is 0.0395. The van der Waals surface area contributed by atoms with Gasteiger partial charge in [-0.3, -0.25) is 4.90 Å². The molecule has 0 amide bonds. The van der Waals surface area contributed by atoms with E-state index >= 15 is 0 Å². The lowest BCUT2D eigenvalue weighted by Gasteiger charge is -2.48. The van der Waals surface area contributed by atoms with Gasteiger partial charge in [0.1, 0.15) is 0 Å². The van der Waals surface area contributed by atoms with Crippen LogP contribution in [0.1, 0.15) is 45.6 Å². The van der Waals surface area contributed by atoms with Crippen LogP contribution < -0.4 is 5.32 Å². The maximum Gasteiger partial charge on any atom is 0.0307 e. The standard InChI is InChI=1S/C17H27BrN2/c1-4-8-15-12-20(17(3,5-2)13-19-15)11-14-9-6-7-10-16(14)18/h6-7,9-10,15,19H,4-5,8,11-13H2,1-3H3. The van der Waals surface area contributed by atoms with Crippen LogP contribution in [0, 0.1) is 0 Å². The molecular formula is C17H27BrN2. The summed E-state index contributed by atoms with van der Waals surface area (Å²) in [5.74, 6) is 0. The summed E-state index contributed by atoms with van der Waals surface area (Å²) >= 11 is 3.69. The van der Waals surface area contributed by atoms with Gasteiger partial charge in [0.2, 0.25) is 0 Å². The van der Waals surface area contributed by atoms with Crippen molar-refractivity contribution >= 4 is 15.9 Å². The normalized spacial score (nSPS) is 27.7. The first kappa shape index (κ1) is 16.0. The van der Waals surface area contributed by atoms with Crippen molar-refractivity contribution in [3.8, 4) is 0 Å². The van der Waals surface area contributed by atoms with E-state index in [0.29, 0.717) is 6.04 Å². The highest BCUT2D eigenvalue weighted by Gasteiger charge is 2.36. The Hall–Kier alpha value is -0.380. The summed E-state index contributed by atoms with van der Waals surface area (Å²) in [5.41, 5.74) is 1.66. The van der Waals surface area contributed by atoms with Crippen LogP contribution in [0.4, 0.5) is 0 Å². The highest BCUT2D eigenvalue weighted by atomic mass is 79.9. The van der Waals surface area contributed by atoms with Gasteiger partial charge in [0, 0.05) is 35.7 Å². The van der Waals surface area contributed by atoms with Gasteiger partial charge in [-0.1, -0.05) is 54.4 Å². The molecule has 1 heterocycles. The van der Waals surface area contributed by atoms with E-state index in [2.05, 4.69) is 71.2 Å². The van der Waals surface area contributed by atoms with E-state index in [1.807, 2.05) is 0 Å². The molecule has 1 saturated heterocycles. The minimum Gasteiger partial charge on any atom is -0.311 e. The van der Waals surface area contributed by atoms with Gasteiger partial charge in [0.25, 0.3) is 0 Å². The molecule has 1 aromatic carbocycles. The zero-order valence-corrected chi connectivity index (χ0v) is 14.5. The average Bonchev–Trinajstić information content (AvgIpc) is 2.45. The second-order valence-corrected chi connectivity index (χ2v) is 7.04. The van der Waals surface area contributed by atoms with Crippen molar-refractivity contribution in [1.82, 2.24) is 10.2 Å². The lowest BCUT2D eigenvalue weighted by Crippen LogP contribution is -2.62. The third-order valence-electron chi connectivity index (χ3n) is 4.69. The SMILES string of the molecule is CCCC1CN(Cc2ccccc2Br)C(C)(CC)CN1. The number of benzene rings is 1. The summed E-state index contributed by atoms with van der Waals surface area (Å²) in [5, 5.41) is 3.74. The van der Waals surface area contributed by atoms with Crippen LogP contribution >= 0.6 is 15.9 Å². The number of rotatable bonds is 5. The Bertz CT molecular complexity index is 435. The van der Waals surface area contributed by atoms with Crippen molar-refractivity contribution in [1.29, 1.82) is 0 Å². The molecular weight excluding hydrogens is 312 g/mol. The van der Waals surface area contributed by atoms with Crippen LogP contribution in [0.25, 0.3) is 0 Å². The second kappa shape index (κ2) is 7.06. The smallest absolute Gasteiger partial charge is 0.0307 e. The molecule has 0 saturated carbocycles. The van der Waals surface area contributed by atoms with E-state index < -0.39 is 0 Å². The van der Waals surface area contributed by atoms with Gasteiger partial charge in [-0.2, -0.15) is 0 Å². The number of piperazine rings is 1. The molecule has 2 atom stereocenters. The van der Waals surface area contributed by atoms with E-state index in [9.17, 15) is 0 Å². The first-order chi connectivity index (χ1) is 9.59. The van der Waals surface area contributed by atoms with Gasteiger partial charge < -0.3 is 5.32 Å². The van der Waals surface area contributed by atoms with E-state index in [-0.39, 0.29) is 5.54 Å². The summed E-state index contributed by atoms with van der Waals surface area (Å²) < 4.78 is 1.23. The van der Waals surface area contributed by atoms with Crippen molar-refractivity contribution in [3.63, 3.8) is 0 Å². The highest BCUT2D eigenvalue weighted by Crippen LogP contribution is 2.28. The van der Waals surface area contributed by atoms with Crippen LogP contribution in [0.5, 0.6) is 0 Å². The second-order valence-electron chi connectivity index (χ2n) is 6.19. The largest absolute Gasteiger partial charge is 0.311 e. The van der Waals surface area contributed by atoms with Crippen LogP contribution in [0.2, 0.25) is 0 Å². The lowest BCUT2D eigenvalue weighted by atomic mass is 9.90. The van der Waals surface area contributed by atoms with E-state index in [0.717, 1.165) is 19.6 Å². The molecule has 0 radical (unpaired) electrons. The first-order valence-corrected chi connectivity index (χ1v) is 8.60. The predicted molar refractivity (Wildman–Crippen MR) is 89.9 cm³/mol. The molecule has 1 aliphatic rings. The molecule has 1 aromatic rings. The number of hydrogen-bond acceptors (Lipinski definition) is 2. The molecule has 2 unspecified atom stereocenters. The molecule has 1 aliphatic heterocycles. The Kier molecular flexibility index (Phi) is 5.65. The zero-order chi connectivity index (χ0) is 14.6. The molecule has 0 aromatic heterocycles. The van der Waals surface area contributed by atoms with Gasteiger partial charge in [-0.15, -0.1) is 0 Å². The van der Waals surface area contributed by atoms with Crippen molar-refractivity contribution in [3.05, 3.63) is 34.3 Å². The fourth-order valence-corrected chi connectivity index (χ4v) is 3.42. The topological polar surface area (TPSA) is 15.3 Å². The molecule has 0 bridgehead atoms. The van der Waals surface area contributed by atoms with Crippen LogP contribution in [-0.2, 0) is 6.54 Å². The van der Waals surface area contributed by atoms with Gasteiger partial charge in [-0.05, 0) is 31.4 Å². The van der Waals surface area contributed by atoms with Crippen LogP contribution in [-0.4, -0.2) is 29.6 Å². The molecule has 0 aliphatic carbocycles. The van der Waals surface area contributed by atoms with Crippen molar-refractivity contribution in [2.45, 2.75) is 58.2 Å². The van der Waals surface area contributed by atoms with E-state index in [4.69, 9.17) is 0 Å². The Balaban J connectivity index is 2.13. The number of nitrogens with zero attached hydrogens (tertiary/aromatic N) is 1. The van der Waals surface area contributed by atoms with Crippen molar-refractivity contribution in [2.75, 3.05) is 13.1 Å². The maximum atomic E-state index is 3.74. The third kappa shape index (κ3) is 3.63. The quantitative estimate of drug-likeness (QED) is 0.865. The molecule has 1 N–H and O–H groups in total. The minimum atomic E-state index is 0.263. The molecule has 1 fully saturated rings. The van der Waals surface area contributed by atoms with Crippen molar-refractivity contribution < 1.29 is 0 Å². The number of hydrogen-bond donors (Lipinski definition) is 1. The molecule has 3 heteroatoms. The minimum absolute atomic E-state index is 0.263. The third-order valence-corrected chi connectivity index (χ3v) is 5.47. The maximum absolute atomic E-state index is 3.74. The Morgan fingerprint density at radius 3 is 2.75 bits per heavy atom. The van der Waals surface area contributed by atoms with E-state index in [1.165, 1.54) is 29.3 Å². The molecule has 20 heavy (non-hydrogen) atoms. The summed E-state index contributed by atoms with van der Waals surface area (Å²) in [6.45, 7) is 10.2. The number of nitrogens with one attached hydrogen (secondary N) is 1. The van der Waals surface area contributed by atoms with Crippen molar-refractivity contribution in [2.24, 2.45) is 0 Å². The molecule has 2 nitrogen and oxygen atoms in total. The Labute approximate surface area is 132 Å². The predicted octanol–water partition coefficient (Wildman–Crippen LogP) is 4.19. The highest BCUT2D eigenvalue weighted by molar-refractivity contribution is 9.10. The van der Waals surface area contributed by atoms with Crippen LogP contribution in [0.3, 0.4) is 0 Å². The first-order valence-electron chi connectivity index (χ1n) is 7.81. The summed E-state index contributed by atoms with van der Waals surface area (Å²) in [4.78, 5) is 2.67. The molecule has 112 valence electrons. The van der Waals surface area contributed by atoms with Gasteiger partial charge in [-0.25, -0.2) is 0 Å². The molecule has 0 spiro atoms. The number of halogens is 1. The summed E-state index contributed by atoms with van der Waals surface area (Å²) in [6.07, 6.45) is 3.71. The van der Waals surface area contributed by atoms with Crippen LogP contribution in [0.15, 0.2) is 28.7 Å². The molecule has 2 rings (SSSR count). The van der Waals surface area contributed by atoms with Gasteiger partial charge >= 0.3 is 0 Å². The summed E-state index contributed by atoms with van der Waals surface area (Å²) in [6, 6.07) is 9.24. The Morgan fingerprint density at radius 2 is 2.10 bits per heavy atom. The fraction of sp³-hybridized carbons (Fsp3) is 0.647. The van der Waals surface area contributed by atoms with E-state index in [1.54, 1.807) is 0 Å². The summed E-state index contributed by atoms with van der Waals surface area (Å²) in [7, 11) is 0. The average molecular weight is 339 g/mol.